The number of imidazole rings is 1. The van der Waals surface area contributed by atoms with Crippen LogP contribution < -0.4 is 0 Å². The van der Waals surface area contributed by atoms with Gasteiger partial charge in [0.2, 0.25) is 0 Å². The number of fused-ring (bicyclic) bond motifs is 1. The molecule has 1 aromatic heterocycles. The standard InChI is InChI=1S/C15H19ClN2O2S/c1-2-3-4-5-9-18-14-11(16)7-6-8-12(14)17-15(18)21-10-13(19)20/h6-8H,2-5,9-10H2,1H3,(H,19,20). The molecule has 6 heteroatoms. The van der Waals surface area contributed by atoms with Gasteiger partial charge in [-0.25, -0.2) is 4.98 Å². The lowest BCUT2D eigenvalue weighted by Gasteiger charge is -2.09. The Balaban J connectivity index is 2.27. The van der Waals surface area contributed by atoms with Crippen LogP contribution in [0.2, 0.25) is 5.02 Å². The minimum atomic E-state index is -0.837. The highest BCUT2D eigenvalue weighted by Crippen LogP contribution is 2.29. The number of carboxylic acid groups (broad SMARTS) is 1. The Morgan fingerprint density at radius 3 is 2.90 bits per heavy atom. The minimum absolute atomic E-state index is 0.00982. The second-order valence-corrected chi connectivity index (χ2v) is 6.25. The van der Waals surface area contributed by atoms with Crippen LogP contribution in [-0.2, 0) is 11.3 Å². The maximum Gasteiger partial charge on any atom is 0.313 e. The van der Waals surface area contributed by atoms with Crippen LogP contribution in [0.4, 0.5) is 0 Å². The van der Waals surface area contributed by atoms with E-state index in [-0.39, 0.29) is 5.75 Å². The van der Waals surface area contributed by atoms with Gasteiger partial charge in [0.1, 0.15) is 0 Å². The fourth-order valence-corrected chi connectivity index (χ4v) is 3.29. The third-order valence-electron chi connectivity index (χ3n) is 3.24. The summed E-state index contributed by atoms with van der Waals surface area (Å²) >= 11 is 7.54. The number of para-hydroxylation sites is 1. The van der Waals surface area contributed by atoms with Crippen molar-refractivity contribution in [3.8, 4) is 0 Å². The molecule has 0 unspecified atom stereocenters. The number of benzene rings is 1. The number of nitrogens with zero attached hydrogens (tertiary/aromatic N) is 2. The van der Waals surface area contributed by atoms with E-state index >= 15 is 0 Å². The first-order valence-electron chi connectivity index (χ1n) is 7.12. The first kappa shape index (κ1) is 16.2. The first-order valence-corrected chi connectivity index (χ1v) is 8.49. The summed E-state index contributed by atoms with van der Waals surface area (Å²) in [4.78, 5) is 15.3. The molecule has 1 heterocycles. The van der Waals surface area contributed by atoms with Crippen LogP contribution >= 0.6 is 23.4 Å². The summed E-state index contributed by atoms with van der Waals surface area (Å²) in [6.45, 7) is 3.00. The molecule has 0 bridgehead atoms. The van der Waals surface area contributed by atoms with Crippen LogP contribution in [0.5, 0.6) is 0 Å². The Morgan fingerprint density at radius 2 is 2.19 bits per heavy atom. The lowest BCUT2D eigenvalue weighted by Crippen LogP contribution is -2.04. The van der Waals surface area contributed by atoms with Crippen molar-refractivity contribution in [2.24, 2.45) is 0 Å². The van der Waals surface area contributed by atoms with E-state index in [1.165, 1.54) is 24.6 Å². The van der Waals surface area contributed by atoms with E-state index in [1.807, 2.05) is 18.2 Å². The van der Waals surface area contributed by atoms with E-state index in [0.717, 1.165) is 35.6 Å². The normalized spacial score (nSPS) is 11.1. The quantitative estimate of drug-likeness (QED) is 0.575. The van der Waals surface area contributed by atoms with Gasteiger partial charge in [0, 0.05) is 6.54 Å². The molecule has 0 fully saturated rings. The summed E-state index contributed by atoms with van der Waals surface area (Å²) in [5.74, 6) is -0.828. The zero-order valence-electron chi connectivity index (χ0n) is 12.0. The topological polar surface area (TPSA) is 55.1 Å². The Kier molecular flexibility index (Phi) is 5.94. The molecule has 2 aromatic rings. The first-order chi connectivity index (χ1) is 10.1. The average Bonchev–Trinajstić information content (AvgIpc) is 2.80. The minimum Gasteiger partial charge on any atom is -0.481 e. The van der Waals surface area contributed by atoms with Crippen LogP contribution in [0.15, 0.2) is 23.4 Å². The van der Waals surface area contributed by atoms with Gasteiger partial charge in [-0.1, -0.05) is 55.6 Å². The highest BCUT2D eigenvalue weighted by atomic mass is 35.5. The molecule has 0 radical (unpaired) electrons. The number of aryl methyl sites for hydroxylation is 1. The Labute approximate surface area is 133 Å². The molecule has 0 aliphatic heterocycles. The maximum absolute atomic E-state index is 10.8. The monoisotopic (exact) mass is 326 g/mol. The molecule has 0 amide bonds. The molecule has 0 aliphatic carbocycles. The second-order valence-electron chi connectivity index (χ2n) is 4.90. The average molecular weight is 327 g/mol. The van der Waals surface area contributed by atoms with Gasteiger partial charge >= 0.3 is 5.97 Å². The van der Waals surface area contributed by atoms with E-state index in [0.29, 0.717) is 5.02 Å². The number of halogens is 1. The molecular weight excluding hydrogens is 308 g/mol. The van der Waals surface area contributed by atoms with Crippen molar-refractivity contribution in [1.82, 2.24) is 9.55 Å². The fraction of sp³-hybridized carbons (Fsp3) is 0.467. The third-order valence-corrected chi connectivity index (χ3v) is 4.51. The molecule has 0 saturated carbocycles. The van der Waals surface area contributed by atoms with Crippen molar-refractivity contribution in [2.45, 2.75) is 44.3 Å². The summed E-state index contributed by atoms with van der Waals surface area (Å²) in [5.41, 5.74) is 1.73. The van der Waals surface area contributed by atoms with Crippen molar-refractivity contribution in [2.75, 3.05) is 5.75 Å². The number of hydrogen-bond donors (Lipinski definition) is 1. The van der Waals surface area contributed by atoms with Gasteiger partial charge in [-0.2, -0.15) is 0 Å². The number of aliphatic carboxylic acids is 1. The smallest absolute Gasteiger partial charge is 0.313 e. The van der Waals surface area contributed by atoms with Gasteiger partial charge < -0.3 is 9.67 Å². The maximum atomic E-state index is 10.8. The molecule has 0 saturated heterocycles. The van der Waals surface area contributed by atoms with Crippen molar-refractivity contribution in [3.63, 3.8) is 0 Å². The number of carboxylic acids is 1. The van der Waals surface area contributed by atoms with Gasteiger partial charge in [-0.3, -0.25) is 4.79 Å². The van der Waals surface area contributed by atoms with Crippen LogP contribution in [0.25, 0.3) is 11.0 Å². The predicted octanol–water partition coefficient (Wildman–Crippen LogP) is 4.45. The zero-order chi connectivity index (χ0) is 15.2. The zero-order valence-corrected chi connectivity index (χ0v) is 13.6. The summed E-state index contributed by atoms with van der Waals surface area (Å²) in [5, 5.41) is 10.3. The SMILES string of the molecule is CCCCCCn1c(SCC(=O)O)nc2cccc(Cl)c21. The van der Waals surface area contributed by atoms with E-state index in [1.54, 1.807) is 0 Å². The van der Waals surface area contributed by atoms with Crippen molar-refractivity contribution in [3.05, 3.63) is 23.2 Å². The molecular formula is C15H19ClN2O2S. The lowest BCUT2D eigenvalue weighted by atomic mass is 10.2. The number of thioether (sulfide) groups is 1. The summed E-state index contributed by atoms with van der Waals surface area (Å²) < 4.78 is 2.06. The number of hydrogen-bond acceptors (Lipinski definition) is 3. The molecule has 0 atom stereocenters. The van der Waals surface area contributed by atoms with Crippen LogP contribution in [0.3, 0.4) is 0 Å². The molecule has 1 N–H and O–H groups in total. The van der Waals surface area contributed by atoms with Gasteiger partial charge in [0.15, 0.2) is 5.16 Å². The molecule has 0 aliphatic rings. The predicted molar refractivity (Wildman–Crippen MR) is 87.2 cm³/mol. The van der Waals surface area contributed by atoms with E-state index in [4.69, 9.17) is 16.7 Å². The van der Waals surface area contributed by atoms with Gasteiger partial charge in [0.05, 0.1) is 21.8 Å². The van der Waals surface area contributed by atoms with Crippen molar-refractivity contribution >= 4 is 40.4 Å². The van der Waals surface area contributed by atoms with Crippen molar-refractivity contribution in [1.29, 1.82) is 0 Å². The van der Waals surface area contributed by atoms with Gasteiger partial charge in [-0.05, 0) is 18.6 Å². The Hall–Kier alpha value is -1.20. The number of carbonyl (C=O) groups is 1. The molecule has 1 aromatic carbocycles. The van der Waals surface area contributed by atoms with Gasteiger partial charge in [0.25, 0.3) is 0 Å². The summed E-state index contributed by atoms with van der Waals surface area (Å²) in [6.07, 6.45) is 4.60. The van der Waals surface area contributed by atoms with Crippen molar-refractivity contribution < 1.29 is 9.90 Å². The Bertz CT molecular complexity index is 627. The van der Waals surface area contributed by atoms with Crippen LogP contribution in [0.1, 0.15) is 32.6 Å². The molecule has 2 rings (SSSR count). The van der Waals surface area contributed by atoms with Crippen LogP contribution in [0, 0.1) is 0 Å². The number of unbranched alkanes of at least 4 members (excludes halogenated alkanes) is 3. The van der Waals surface area contributed by atoms with Crippen LogP contribution in [-0.4, -0.2) is 26.4 Å². The molecule has 21 heavy (non-hydrogen) atoms. The van der Waals surface area contributed by atoms with E-state index < -0.39 is 5.97 Å². The third kappa shape index (κ3) is 4.14. The van der Waals surface area contributed by atoms with E-state index in [9.17, 15) is 4.79 Å². The molecule has 0 spiro atoms. The Morgan fingerprint density at radius 1 is 1.38 bits per heavy atom. The summed E-state index contributed by atoms with van der Waals surface area (Å²) in [6, 6.07) is 5.62. The molecule has 4 nitrogen and oxygen atoms in total. The summed E-state index contributed by atoms with van der Waals surface area (Å²) in [7, 11) is 0. The lowest BCUT2D eigenvalue weighted by molar-refractivity contribution is -0.133. The largest absolute Gasteiger partial charge is 0.481 e. The number of rotatable bonds is 8. The highest BCUT2D eigenvalue weighted by Gasteiger charge is 2.14. The fourth-order valence-electron chi connectivity index (χ4n) is 2.26. The highest BCUT2D eigenvalue weighted by molar-refractivity contribution is 7.99. The van der Waals surface area contributed by atoms with Gasteiger partial charge in [-0.15, -0.1) is 0 Å². The second kappa shape index (κ2) is 7.71. The molecule has 114 valence electrons. The number of aromatic nitrogens is 2. The van der Waals surface area contributed by atoms with E-state index in [2.05, 4.69) is 16.5 Å².